The summed E-state index contributed by atoms with van der Waals surface area (Å²) in [5.74, 6) is 0.268. The van der Waals surface area contributed by atoms with Gasteiger partial charge in [-0.3, -0.25) is 4.79 Å². The predicted octanol–water partition coefficient (Wildman–Crippen LogP) is 2.73. The highest BCUT2D eigenvalue weighted by molar-refractivity contribution is 5.94. The predicted molar refractivity (Wildman–Crippen MR) is 77.9 cm³/mol. The van der Waals surface area contributed by atoms with Crippen molar-refractivity contribution in [1.82, 2.24) is 4.98 Å². The molecule has 0 unspecified atom stereocenters. The Hall–Kier alpha value is -2.36. The first-order valence-corrected chi connectivity index (χ1v) is 6.56. The second kappa shape index (κ2) is 6.19. The highest BCUT2D eigenvalue weighted by atomic mass is 16.5. The van der Waals surface area contributed by atoms with Gasteiger partial charge in [0.15, 0.2) is 0 Å². The number of pyridine rings is 1. The van der Waals surface area contributed by atoms with Crippen molar-refractivity contribution in [3.63, 3.8) is 0 Å². The third-order valence-corrected chi connectivity index (χ3v) is 3.38. The molecule has 0 spiro atoms. The Balaban J connectivity index is 2.44. The maximum Gasteiger partial charge on any atom is 0.248 e. The molecule has 0 aliphatic carbocycles. The molecular formula is C16H18N2O2. The number of carbonyl (C=O) groups excluding carboxylic acids is 1. The van der Waals surface area contributed by atoms with Gasteiger partial charge >= 0.3 is 0 Å². The van der Waals surface area contributed by atoms with E-state index in [1.165, 1.54) is 0 Å². The van der Waals surface area contributed by atoms with Gasteiger partial charge in [0.2, 0.25) is 11.8 Å². The van der Waals surface area contributed by atoms with Gasteiger partial charge in [0, 0.05) is 23.7 Å². The fraction of sp³-hybridized carbons (Fsp3) is 0.250. The summed E-state index contributed by atoms with van der Waals surface area (Å²) in [6, 6.07) is 11.2. The number of nitrogens with two attached hydrogens (primary N) is 1. The van der Waals surface area contributed by atoms with E-state index in [1.807, 2.05) is 30.3 Å². The van der Waals surface area contributed by atoms with Crippen molar-refractivity contribution < 1.29 is 9.53 Å². The number of amides is 1. The van der Waals surface area contributed by atoms with Crippen LogP contribution in [0.25, 0.3) is 0 Å². The number of aromatic nitrogens is 1. The molecule has 20 heavy (non-hydrogen) atoms. The summed E-state index contributed by atoms with van der Waals surface area (Å²) in [5.41, 5.74) is 8.00. The summed E-state index contributed by atoms with van der Waals surface area (Å²) < 4.78 is 5.06. The molecule has 1 amide bonds. The normalized spacial score (nSPS) is 11.9. The van der Waals surface area contributed by atoms with Crippen LogP contribution < -0.4 is 10.5 Å². The van der Waals surface area contributed by atoms with E-state index in [0.717, 1.165) is 17.5 Å². The first-order chi connectivity index (χ1) is 9.67. The lowest BCUT2D eigenvalue weighted by atomic mass is 9.87. The van der Waals surface area contributed by atoms with Crippen LogP contribution in [-0.4, -0.2) is 18.0 Å². The number of benzene rings is 1. The molecule has 2 rings (SSSR count). The molecule has 0 fully saturated rings. The Morgan fingerprint density at radius 2 is 2.05 bits per heavy atom. The molecule has 2 N–H and O–H groups in total. The maximum atomic E-state index is 11.6. The SMILES string of the molecule is CC[C@@H](c1ccc(OC)nc1)c1ccccc1C(N)=O. The molecule has 0 saturated heterocycles. The Bertz CT molecular complexity index is 594. The van der Waals surface area contributed by atoms with E-state index in [2.05, 4.69) is 11.9 Å². The Labute approximate surface area is 118 Å². The number of rotatable bonds is 5. The fourth-order valence-corrected chi connectivity index (χ4v) is 2.38. The van der Waals surface area contributed by atoms with E-state index in [9.17, 15) is 4.79 Å². The highest BCUT2D eigenvalue weighted by Crippen LogP contribution is 2.30. The summed E-state index contributed by atoms with van der Waals surface area (Å²) in [6.45, 7) is 2.08. The summed E-state index contributed by atoms with van der Waals surface area (Å²) in [5, 5.41) is 0. The van der Waals surface area contributed by atoms with E-state index < -0.39 is 5.91 Å². The zero-order chi connectivity index (χ0) is 14.5. The van der Waals surface area contributed by atoms with Crippen molar-refractivity contribution in [2.24, 2.45) is 5.73 Å². The highest BCUT2D eigenvalue weighted by Gasteiger charge is 2.18. The van der Waals surface area contributed by atoms with E-state index in [-0.39, 0.29) is 5.92 Å². The summed E-state index contributed by atoms with van der Waals surface area (Å²) in [6.07, 6.45) is 2.64. The maximum absolute atomic E-state index is 11.6. The second-order valence-electron chi connectivity index (χ2n) is 4.55. The van der Waals surface area contributed by atoms with Crippen LogP contribution in [0.2, 0.25) is 0 Å². The number of primary amides is 1. The molecule has 0 saturated carbocycles. The number of hydrogen-bond donors (Lipinski definition) is 1. The summed E-state index contributed by atoms with van der Waals surface area (Å²) in [4.78, 5) is 15.8. The standard InChI is InChI=1S/C16H18N2O2/c1-3-12(11-8-9-15(20-2)18-10-11)13-6-4-5-7-14(13)16(17)19/h4-10,12H,3H2,1-2H3,(H2,17,19)/t12-/m0/s1. The van der Waals surface area contributed by atoms with Crippen molar-refractivity contribution in [1.29, 1.82) is 0 Å². The smallest absolute Gasteiger partial charge is 0.248 e. The largest absolute Gasteiger partial charge is 0.481 e. The zero-order valence-corrected chi connectivity index (χ0v) is 11.7. The van der Waals surface area contributed by atoms with Crippen LogP contribution >= 0.6 is 0 Å². The first-order valence-electron chi connectivity index (χ1n) is 6.56. The molecule has 1 atom stereocenters. The van der Waals surface area contributed by atoms with Gasteiger partial charge in [-0.05, 0) is 23.6 Å². The van der Waals surface area contributed by atoms with Crippen LogP contribution in [-0.2, 0) is 0 Å². The molecule has 4 nitrogen and oxygen atoms in total. The van der Waals surface area contributed by atoms with E-state index in [1.54, 1.807) is 19.4 Å². The molecule has 0 aliphatic rings. The zero-order valence-electron chi connectivity index (χ0n) is 11.7. The van der Waals surface area contributed by atoms with Gasteiger partial charge in [0.25, 0.3) is 0 Å². The van der Waals surface area contributed by atoms with Gasteiger partial charge in [-0.1, -0.05) is 31.2 Å². The summed E-state index contributed by atoms with van der Waals surface area (Å²) >= 11 is 0. The third-order valence-electron chi connectivity index (χ3n) is 3.38. The van der Waals surface area contributed by atoms with Crippen LogP contribution in [0.15, 0.2) is 42.6 Å². The van der Waals surface area contributed by atoms with E-state index in [0.29, 0.717) is 11.4 Å². The van der Waals surface area contributed by atoms with Gasteiger partial charge in [-0.2, -0.15) is 0 Å². The minimum atomic E-state index is -0.402. The van der Waals surface area contributed by atoms with E-state index >= 15 is 0 Å². The average Bonchev–Trinajstić information content (AvgIpc) is 2.49. The first kappa shape index (κ1) is 14.1. The lowest BCUT2D eigenvalue weighted by molar-refractivity contribution is 0.0999. The van der Waals surface area contributed by atoms with Crippen LogP contribution in [0.5, 0.6) is 5.88 Å². The lowest BCUT2D eigenvalue weighted by Crippen LogP contribution is -2.15. The number of nitrogens with zero attached hydrogens (tertiary/aromatic N) is 1. The van der Waals surface area contributed by atoms with Crippen molar-refractivity contribution in [2.75, 3.05) is 7.11 Å². The van der Waals surface area contributed by atoms with Crippen molar-refractivity contribution in [3.8, 4) is 5.88 Å². The molecule has 1 aromatic carbocycles. The van der Waals surface area contributed by atoms with Crippen LogP contribution in [0.3, 0.4) is 0 Å². The minimum absolute atomic E-state index is 0.0945. The van der Waals surface area contributed by atoms with Crippen molar-refractivity contribution >= 4 is 5.91 Å². The number of ether oxygens (including phenoxy) is 1. The molecule has 0 radical (unpaired) electrons. The van der Waals surface area contributed by atoms with E-state index in [4.69, 9.17) is 10.5 Å². The monoisotopic (exact) mass is 270 g/mol. The number of methoxy groups -OCH3 is 1. The van der Waals surface area contributed by atoms with Gasteiger partial charge in [0.1, 0.15) is 0 Å². The minimum Gasteiger partial charge on any atom is -0.481 e. The molecule has 104 valence electrons. The van der Waals surface area contributed by atoms with Crippen LogP contribution in [0.1, 0.15) is 40.7 Å². The van der Waals surface area contributed by atoms with Crippen molar-refractivity contribution in [2.45, 2.75) is 19.3 Å². The van der Waals surface area contributed by atoms with Gasteiger partial charge in [-0.15, -0.1) is 0 Å². The number of carbonyl (C=O) groups is 1. The van der Waals surface area contributed by atoms with Crippen molar-refractivity contribution in [3.05, 3.63) is 59.3 Å². The molecule has 2 aromatic rings. The van der Waals surface area contributed by atoms with Gasteiger partial charge in [0.05, 0.1) is 7.11 Å². The summed E-state index contributed by atoms with van der Waals surface area (Å²) in [7, 11) is 1.59. The van der Waals surface area contributed by atoms with Crippen LogP contribution in [0.4, 0.5) is 0 Å². The molecule has 0 aliphatic heterocycles. The van der Waals surface area contributed by atoms with Gasteiger partial charge in [-0.25, -0.2) is 4.98 Å². The second-order valence-corrected chi connectivity index (χ2v) is 4.55. The Morgan fingerprint density at radius 1 is 1.30 bits per heavy atom. The Kier molecular flexibility index (Phi) is 4.35. The third kappa shape index (κ3) is 2.79. The van der Waals surface area contributed by atoms with Crippen LogP contribution in [0, 0.1) is 0 Å². The van der Waals surface area contributed by atoms with Gasteiger partial charge < -0.3 is 10.5 Å². The molecule has 0 bridgehead atoms. The molecular weight excluding hydrogens is 252 g/mol. The topological polar surface area (TPSA) is 65.2 Å². The molecule has 1 heterocycles. The molecule has 1 aromatic heterocycles. The Morgan fingerprint density at radius 3 is 2.60 bits per heavy atom. The fourth-order valence-electron chi connectivity index (χ4n) is 2.38. The lowest BCUT2D eigenvalue weighted by Gasteiger charge is -2.18. The quantitative estimate of drug-likeness (QED) is 0.908. The average molecular weight is 270 g/mol. The molecule has 4 heteroatoms. The number of hydrogen-bond acceptors (Lipinski definition) is 3.